The van der Waals surface area contributed by atoms with Gasteiger partial charge in [0, 0.05) is 6.20 Å². The standard InChI is InChI=1S/C15H15N5O/c1-11-8-18-20(10-11)15(5-2-6-15)14(21)19-13-4-3-12(7-16)17-9-13/h3-4,8-10H,2,5-6H2,1H3,(H,19,21). The maximum atomic E-state index is 12.6. The molecule has 1 fully saturated rings. The third kappa shape index (κ3) is 2.27. The highest BCUT2D eigenvalue weighted by Gasteiger charge is 2.46. The van der Waals surface area contributed by atoms with E-state index in [1.54, 1.807) is 23.0 Å². The molecule has 1 aliphatic rings. The first-order valence-electron chi connectivity index (χ1n) is 6.83. The Morgan fingerprint density at radius 1 is 1.43 bits per heavy atom. The van der Waals surface area contributed by atoms with Crippen LogP contribution in [-0.2, 0) is 10.3 Å². The number of pyridine rings is 1. The molecule has 3 rings (SSSR count). The summed E-state index contributed by atoms with van der Waals surface area (Å²) in [5, 5.41) is 15.9. The first kappa shape index (κ1) is 13.3. The summed E-state index contributed by atoms with van der Waals surface area (Å²) < 4.78 is 1.76. The monoisotopic (exact) mass is 281 g/mol. The second-order valence-corrected chi connectivity index (χ2v) is 5.35. The van der Waals surface area contributed by atoms with Gasteiger partial charge in [-0.05, 0) is 43.9 Å². The first-order chi connectivity index (χ1) is 10.1. The van der Waals surface area contributed by atoms with E-state index in [0.717, 1.165) is 24.8 Å². The summed E-state index contributed by atoms with van der Waals surface area (Å²) in [6.07, 6.45) is 7.73. The van der Waals surface area contributed by atoms with Gasteiger partial charge in [0.25, 0.3) is 5.91 Å². The van der Waals surface area contributed by atoms with Crippen molar-refractivity contribution in [3.63, 3.8) is 0 Å². The lowest BCUT2D eigenvalue weighted by molar-refractivity contribution is -0.129. The van der Waals surface area contributed by atoms with Crippen LogP contribution in [0.5, 0.6) is 0 Å². The SMILES string of the molecule is Cc1cnn(C2(C(=O)Nc3ccc(C#N)nc3)CCC2)c1. The average Bonchev–Trinajstić information content (AvgIpc) is 2.85. The van der Waals surface area contributed by atoms with Crippen molar-refractivity contribution in [3.05, 3.63) is 42.0 Å². The van der Waals surface area contributed by atoms with Crippen LogP contribution < -0.4 is 5.32 Å². The van der Waals surface area contributed by atoms with Crippen LogP contribution in [0.2, 0.25) is 0 Å². The minimum atomic E-state index is -0.595. The predicted molar refractivity (Wildman–Crippen MR) is 76.4 cm³/mol. The molecule has 0 aliphatic heterocycles. The van der Waals surface area contributed by atoms with Gasteiger partial charge in [-0.3, -0.25) is 9.48 Å². The van der Waals surface area contributed by atoms with Gasteiger partial charge >= 0.3 is 0 Å². The maximum Gasteiger partial charge on any atom is 0.252 e. The highest BCUT2D eigenvalue weighted by molar-refractivity contribution is 5.97. The molecule has 0 aromatic carbocycles. The van der Waals surface area contributed by atoms with Gasteiger partial charge in [0.2, 0.25) is 0 Å². The number of nitrogens with one attached hydrogen (secondary N) is 1. The zero-order valence-corrected chi connectivity index (χ0v) is 11.7. The predicted octanol–water partition coefficient (Wildman–Crippen LogP) is 1.98. The second-order valence-electron chi connectivity index (χ2n) is 5.35. The summed E-state index contributed by atoms with van der Waals surface area (Å²) in [5.41, 5.74) is 1.36. The Balaban J connectivity index is 1.81. The Kier molecular flexibility index (Phi) is 3.18. The molecule has 21 heavy (non-hydrogen) atoms. The lowest BCUT2D eigenvalue weighted by atomic mass is 9.76. The number of anilines is 1. The molecular weight excluding hydrogens is 266 g/mol. The van der Waals surface area contributed by atoms with E-state index < -0.39 is 5.54 Å². The fourth-order valence-electron chi connectivity index (χ4n) is 2.50. The third-order valence-electron chi connectivity index (χ3n) is 3.89. The van der Waals surface area contributed by atoms with Gasteiger partial charge < -0.3 is 5.32 Å². The number of amides is 1. The minimum absolute atomic E-state index is 0.0802. The number of carbonyl (C=O) groups is 1. The molecule has 1 saturated carbocycles. The summed E-state index contributed by atoms with van der Waals surface area (Å²) in [5.74, 6) is -0.0802. The fourth-order valence-corrected chi connectivity index (χ4v) is 2.50. The lowest BCUT2D eigenvalue weighted by Gasteiger charge is -2.40. The second kappa shape index (κ2) is 5.02. The molecule has 6 nitrogen and oxygen atoms in total. The van der Waals surface area contributed by atoms with Crippen LogP contribution >= 0.6 is 0 Å². The zero-order chi connectivity index (χ0) is 14.9. The molecule has 0 radical (unpaired) electrons. The van der Waals surface area contributed by atoms with Gasteiger partial charge in [-0.2, -0.15) is 10.4 Å². The van der Waals surface area contributed by atoms with E-state index in [1.807, 2.05) is 19.2 Å². The van der Waals surface area contributed by atoms with Crippen molar-refractivity contribution in [2.24, 2.45) is 0 Å². The molecular formula is C15H15N5O. The van der Waals surface area contributed by atoms with Gasteiger partial charge in [-0.15, -0.1) is 0 Å². The highest BCUT2D eigenvalue weighted by atomic mass is 16.2. The molecule has 2 aromatic rings. The molecule has 1 N–H and O–H groups in total. The van der Waals surface area contributed by atoms with E-state index >= 15 is 0 Å². The van der Waals surface area contributed by atoms with Crippen LogP contribution in [0.3, 0.4) is 0 Å². The summed E-state index contributed by atoms with van der Waals surface area (Å²) >= 11 is 0. The van der Waals surface area contributed by atoms with E-state index in [1.165, 1.54) is 6.20 Å². The smallest absolute Gasteiger partial charge is 0.252 e. The zero-order valence-electron chi connectivity index (χ0n) is 11.7. The van der Waals surface area contributed by atoms with E-state index in [0.29, 0.717) is 11.4 Å². The van der Waals surface area contributed by atoms with E-state index in [4.69, 9.17) is 5.26 Å². The summed E-state index contributed by atoms with van der Waals surface area (Å²) in [6, 6.07) is 5.22. The van der Waals surface area contributed by atoms with Crippen molar-refractivity contribution in [1.82, 2.24) is 14.8 Å². The highest BCUT2D eigenvalue weighted by Crippen LogP contribution is 2.39. The van der Waals surface area contributed by atoms with Crippen LogP contribution in [0.1, 0.15) is 30.5 Å². The fraction of sp³-hybridized carbons (Fsp3) is 0.333. The van der Waals surface area contributed by atoms with Gasteiger partial charge in [0.15, 0.2) is 0 Å². The Hall–Kier alpha value is -2.68. The number of carbonyl (C=O) groups excluding carboxylic acids is 1. The summed E-state index contributed by atoms with van der Waals surface area (Å²) in [7, 11) is 0. The van der Waals surface area contributed by atoms with Crippen molar-refractivity contribution in [1.29, 1.82) is 5.26 Å². The summed E-state index contributed by atoms with van der Waals surface area (Å²) in [4.78, 5) is 16.6. The van der Waals surface area contributed by atoms with E-state index in [-0.39, 0.29) is 5.91 Å². The first-order valence-corrected chi connectivity index (χ1v) is 6.83. The van der Waals surface area contributed by atoms with E-state index in [9.17, 15) is 4.79 Å². The molecule has 2 heterocycles. The lowest BCUT2D eigenvalue weighted by Crippen LogP contribution is -2.51. The number of aromatic nitrogens is 3. The number of nitrogens with zero attached hydrogens (tertiary/aromatic N) is 4. The molecule has 6 heteroatoms. The Morgan fingerprint density at radius 2 is 2.24 bits per heavy atom. The van der Waals surface area contributed by atoms with Crippen LogP contribution in [0.25, 0.3) is 0 Å². The van der Waals surface area contributed by atoms with Crippen molar-refractivity contribution < 1.29 is 4.79 Å². The quantitative estimate of drug-likeness (QED) is 0.932. The van der Waals surface area contributed by atoms with Crippen molar-refractivity contribution in [2.45, 2.75) is 31.7 Å². The van der Waals surface area contributed by atoms with Crippen molar-refractivity contribution in [3.8, 4) is 6.07 Å². The van der Waals surface area contributed by atoms with Crippen LogP contribution in [0, 0.1) is 18.3 Å². The normalized spacial score (nSPS) is 15.8. The topological polar surface area (TPSA) is 83.6 Å². The summed E-state index contributed by atoms with van der Waals surface area (Å²) in [6.45, 7) is 1.96. The number of aryl methyl sites for hydroxylation is 1. The van der Waals surface area contributed by atoms with Crippen LogP contribution in [-0.4, -0.2) is 20.7 Å². The molecule has 1 aliphatic carbocycles. The van der Waals surface area contributed by atoms with Gasteiger partial charge in [0.1, 0.15) is 17.3 Å². The molecule has 0 unspecified atom stereocenters. The van der Waals surface area contributed by atoms with E-state index in [2.05, 4.69) is 15.4 Å². The third-order valence-corrected chi connectivity index (χ3v) is 3.89. The van der Waals surface area contributed by atoms with Gasteiger partial charge in [-0.25, -0.2) is 4.98 Å². The molecule has 1 amide bonds. The van der Waals surface area contributed by atoms with Crippen molar-refractivity contribution >= 4 is 11.6 Å². The average molecular weight is 281 g/mol. The Morgan fingerprint density at radius 3 is 2.71 bits per heavy atom. The minimum Gasteiger partial charge on any atom is -0.323 e. The van der Waals surface area contributed by atoms with Crippen molar-refractivity contribution in [2.75, 3.05) is 5.32 Å². The molecule has 0 atom stereocenters. The number of hydrogen-bond donors (Lipinski definition) is 1. The van der Waals surface area contributed by atoms with Crippen LogP contribution in [0.15, 0.2) is 30.7 Å². The maximum absolute atomic E-state index is 12.6. The van der Waals surface area contributed by atoms with Crippen LogP contribution in [0.4, 0.5) is 5.69 Å². The number of rotatable bonds is 3. The largest absolute Gasteiger partial charge is 0.323 e. The molecule has 0 saturated heterocycles. The Bertz CT molecular complexity index is 706. The van der Waals surface area contributed by atoms with Gasteiger partial charge in [0.05, 0.1) is 18.1 Å². The molecule has 0 spiro atoms. The number of hydrogen-bond acceptors (Lipinski definition) is 4. The molecule has 2 aromatic heterocycles. The number of nitriles is 1. The van der Waals surface area contributed by atoms with Gasteiger partial charge in [-0.1, -0.05) is 0 Å². The molecule has 106 valence electrons. The Labute approximate surface area is 122 Å². The molecule has 0 bridgehead atoms.